The second kappa shape index (κ2) is 3.95. The average molecular weight is 261 g/mol. The molecule has 0 aromatic heterocycles. The fourth-order valence-corrected chi connectivity index (χ4v) is 4.94. The van der Waals surface area contributed by atoms with Crippen molar-refractivity contribution in [3.8, 4) is 5.75 Å². The Balaban J connectivity index is 1.92. The van der Waals surface area contributed by atoms with E-state index in [4.69, 9.17) is 0 Å². The second-order valence-corrected chi connectivity index (χ2v) is 6.48. The smallest absolute Gasteiger partial charge is 0.165 e. The van der Waals surface area contributed by atoms with E-state index in [2.05, 4.69) is 5.32 Å². The Kier molecular flexibility index (Phi) is 2.44. The van der Waals surface area contributed by atoms with Crippen molar-refractivity contribution in [2.75, 3.05) is 6.54 Å². The lowest BCUT2D eigenvalue weighted by molar-refractivity contribution is 0.0793. The predicted molar refractivity (Wildman–Crippen MR) is 71.8 cm³/mol. The molecule has 0 radical (unpaired) electrons. The minimum absolute atomic E-state index is 0.172. The van der Waals surface area contributed by atoms with Crippen molar-refractivity contribution < 1.29 is 9.50 Å². The summed E-state index contributed by atoms with van der Waals surface area (Å²) < 4.78 is 13.6. The fraction of sp³-hybridized carbons (Fsp3) is 0.625. The zero-order chi connectivity index (χ0) is 13.0. The van der Waals surface area contributed by atoms with E-state index in [0.29, 0.717) is 12.0 Å². The summed E-state index contributed by atoms with van der Waals surface area (Å²) in [5.74, 6) is 0.0317. The van der Waals surface area contributed by atoms with Gasteiger partial charge in [-0.15, -0.1) is 0 Å². The Morgan fingerprint density at radius 1 is 1.26 bits per heavy atom. The number of hydrogen-bond acceptors (Lipinski definition) is 2. The van der Waals surface area contributed by atoms with E-state index in [0.717, 1.165) is 24.9 Å². The van der Waals surface area contributed by atoms with Crippen LogP contribution in [0.4, 0.5) is 4.39 Å². The Labute approximate surface area is 113 Å². The van der Waals surface area contributed by atoms with Gasteiger partial charge in [0.25, 0.3) is 0 Å². The molecule has 0 unspecified atom stereocenters. The lowest BCUT2D eigenvalue weighted by Crippen LogP contribution is -2.59. The molecule has 1 saturated heterocycles. The summed E-state index contributed by atoms with van der Waals surface area (Å²) in [6.07, 6.45) is 7.10. The normalized spacial score (nSPS) is 36.5. The molecule has 4 rings (SSSR count). The van der Waals surface area contributed by atoms with Crippen LogP contribution in [0.1, 0.15) is 43.2 Å². The molecular weight excluding hydrogens is 241 g/mol. The first-order valence-electron chi connectivity index (χ1n) is 7.46. The van der Waals surface area contributed by atoms with E-state index in [9.17, 15) is 9.50 Å². The molecule has 1 aromatic rings. The van der Waals surface area contributed by atoms with E-state index in [1.165, 1.54) is 31.2 Å². The van der Waals surface area contributed by atoms with Gasteiger partial charge in [0.05, 0.1) is 0 Å². The van der Waals surface area contributed by atoms with E-state index < -0.39 is 5.82 Å². The molecule has 3 atom stereocenters. The molecule has 1 aromatic carbocycles. The minimum Gasteiger partial charge on any atom is -0.505 e. The summed E-state index contributed by atoms with van der Waals surface area (Å²) in [4.78, 5) is 0. The van der Waals surface area contributed by atoms with Crippen LogP contribution < -0.4 is 5.32 Å². The molecule has 2 nitrogen and oxygen atoms in total. The number of rotatable bonds is 0. The van der Waals surface area contributed by atoms with Crippen LogP contribution in [0.5, 0.6) is 5.75 Å². The lowest BCUT2D eigenvalue weighted by Gasteiger charge is -2.56. The maximum absolute atomic E-state index is 13.6. The molecular formula is C16H20FNO. The van der Waals surface area contributed by atoms with Crippen LogP contribution in [0.15, 0.2) is 12.1 Å². The number of phenols is 1. The first-order chi connectivity index (χ1) is 9.21. The number of piperidine rings is 1. The monoisotopic (exact) mass is 261 g/mol. The van der Waals surface area contributed by atoms with Crippen LogP contribution in [0.25, 0.3) is 0 Å². The highest BCUT2D eigenvalue weighted by Crippen LogP contribution is 2.54. The molecule has 19 heavy (non-hydrogen) atoms. The van der Waals surface area contributed by atoms with Gasteiger partial charge in [0.2, 0.25) is 0 Å². The Bertz CT molecular complexity index is 526. The van der Waals surface area contributed by atoms with Crippen molar-refractivity contribution in [2.24, 2.45) is 5.92 Å². The first-order valence-corrected chi connectivity index (χ1v) is 7.46. The second-order valence-electron chi connectivity index (χ2n) is 6.48. The number of aromatic hydroxyl groups is 1. The van der Waals surface area contributed by atoms with Gasteiger partial charge in [-0.25, -0.2) is 4.39 Å². The Morgan fingerprint density at radius 3 is 3.05 bits per heavy atom. The number of hydrogen-bond donors (Lipinski definition) is 2. The van der Waals surface area contributed by atoms with Crippen molar-refractivity contribution in [2.45, 2.75) is 50.0 Å². The van der Waals surface area contributed by atoms with Crippen LogP contribution in [0.2, 0.25) is 0 Å². The summed E-state index contributed by atoms with van der Waals surface area (Å²) in [7, 11) is 0. The molecule has 2 aliphatic carbocycles. The van der Waals surface area contributed by atoms with Gasteiger partial charge in [-0.2, -0.15) is 0 Å². The lowest BCUT2D eigenvalue weighted by atomic mass is 9.53. The molecule has 3 aliphatic rings. The summed E-state index contributed by atoms with van der Waals surface area (Å²) >= 11 is 0. The molecule has 1 heterocycles. The fourth-order valence-electron chi connectivity index (χ4n) is 4.94. The summed E-state index contributed by atoms with van der Waals surface area (Å²) in [6.45, 7) is 1.05. The van der Waals surface area contributed by atoms with E-state index in [-0.39, 0.29) is 11.2 Å². The van der Waals surface area contributed by atoms with Crippen LogP contribution in [-0.2, 0) is 11.8 Å². The number of phenolic OH excluding ortho intramolecular Hbond substituents is 1. The third-order valence-electron chi connectivity index (χ3n) is 5.71. The van der Waals surface area contributed by atoms with Crippen LogP contribution >= 0.6 is 0 Å². The molecule has 0 spiro atoms. The number of halogens is 1. The Hall–Kier alpha value is -1.09. The van der Waals surface area contributed by atoms with Gasteiger partial charge in [-0.05, 0) is 61.4 Å². The zero-order valence-electron chi connectivity index (χ0n) is 11.1. The Morgan fingerprint density at radius 2 is 2.16 bits per heavy atom. The first kappa shape index (κ1) is 11.7. The van der Waals surface area contributed by atoms with Gasteiger partial charge in [-0.3, -0.25) is 0 Å². The van der Waals surface area contributed by atoms with Gasteiger partial charge in [0.15, 0.2) is 11.6 Å². The number of nitrogens with one attached hydrogen (secondary N) is 1. The third-order valence-corrected chi connectivity index (χ3v) is 5.71. The van der Waals surface area contributed by atoms with Gasteiger partial charge in [0, 0.05) is 11.5 Å². The molecule has 102 valence electrons. The molecule has 2 fully saturated rings. The largest absolute Gasteiger partial charge is 0.505 e. The van der Waals surface area contributed by atoms with Crippen LogP contribution in [0, 0.1) is 11.7 Å². The summed E-state index contributed by atoms with van der Waals surface area (Å²) in [5.41, 5.74) is 2.56. The minimum atomic E-state index is -0.470. The van der Waals surface area contributed by atoms with E-state index >= 15 is 0 Å². The average Bonchev–Trinajstić information content (AvgIpc) is 2.41. The quantitative estimate of drug-likeness (QED) is 0.752. The third kappa shape index (κ3) is 1.51. The highest BCUT2D eigenvalue weighted by molar-refractivity contribution is 5.45. The van der Waals surface area contributed by atoms with Crippen molar-refractivity contribution in [3.63, 3.8) is 0 Å². The van der Waals surface area contributed by atoms with Crippen LogP contribution in [-0.4, -0.2) is 17.7 Å². The van der Waals surface area contributed by atoms with Gasteiger partial charge in [0.1, 0.15) is 0 Å². The SMILES string of the molecule is Oc1cc2c(cc1F)C[C@H]1NCC[C@@]23CCCC[C@@H]13. The summed E-state index contributed by atoms with van der Waals surface area (Å²) in [5, 5.41) is 13.4. The van der Waals surface area contributed by atoms with Crippen molar-refractivity contribution in [3.05, 3.63) is 29.1 Å². The topological polar surface area (TPSA) is 32.3 Å². The van der Waals surface area contributed by atoms with Crippen LogP contribution in [0.3, 0.4) is 0 Å². The summed E-state index contributed by atoms with van der Waals surface area (Å²) in [6, 6.07) is 3.80. The van der Waals surface area contributed by atoms with Crippen molar-refractivity contribution in [1.82, 2.24) is 5.32 Å². The van der Waals surface area contributed by atoms with Gasteiger partial charge < -0.3 is 10.4 Å². The molecule has 3 heteroatoms. The molecule has 2 N–H and O–H groups in total. The van der Waals surface area contributed by atoms with Gasteiger partial charge >= 0.3 is 0 Å². The molecule has 0 amide bonds. The predicted octanol–water partition coefficient (Wildman–Crippen LogP) is 2.88. The highest BCUT2D eigenvalue weighted by Gasteiger charge is 2.51. The zero-order valence-corrected chi connectivity index (χ0v) is 11.1. The molecule has 1 aliphatic heterocycles. The van der Waals surface area contributed by atoms with Crippen molar-refractivity contribution in [1.29, 1.82) is 0 Å². The highest BCUT2D eigenvalue weighted by atomic mass is 19.1. The maximum atomic E-state index is 13.6. The van der Waals surface area contributed by atoms with Crippen molar-refractivity contribution >= 4 is 0 Å². The van der Waals surface area contributed by atoms with E-state index in [1.807, 2.05) is 0 Å². The van der Waals surface area contributed by atoms with Gasteiger partial charge in [-0.1, -0.05) is 12.8 Å². The number of fused-ring (bicyclic) bond motifs is 1. The number of benzene rings is 1. The molecule has 2 bridgehead atoms. The molecule has 1 saturated carbocycles. The standard InChI is InChI=1S/C16H20FNO/c17-13-7-10-8-14-11-3-1-2-4-16(11,5-6-18-14)12(10)9-15(13)19/h7,9,11,14,18-19H,1-6,8H2/t11-,14+,16+/m0/s1. The maximum Gasteiger partial charge on any atom is 0.165 e. The van der Waals surface area contributed by atoms with E-state index in [1.54, 1.807) is 12.1 Å².